The molecular weight excluding hydrogens is 387 g/mol. The number of rotatable bonds is 12. The molecule has 0 saturated heterocycles. The predicted molar refractivity (Wildman–Crippen MR) is 103 cm³/mol. The van der Waals surface area contributed by atoms with E-state index in [1.165, 1.54) is 19.2 Å². The molecule has 0 spiro atoms. The van der Waals surface area contributed by atoms with Crippen LogP contribution in [0, 0.1) is 0 Å². The van der Waals surface area contributed by atoms with Crippen LogP contribution in [0.15, 0.2) is 24.3 Å². The number of ether oxygens (including phenoxy) is 1. The maximum absolute atomic E-state index is 12.6. The second-order valence-corrected chi connectivity index (χ2v) is 7.90. The van der Waals surface area contributed by atoms with Gasteiger partial charge in [0.05, 0.1) is 26.5 Å². The molecule has 9 nitrogen and oxygen atoms in total. The Bertz CT molecular complexity index is 711. The fourth-order valence-electron chi connectivity index (χ4n) is 2.40. The Labute approximate surface area is 164 Å². The third-order valence-corrected chi connectivity index (χ3v) is 5.81. The van der Waals surface area contributed by atoms with Crippen molar-refractivity contribution in [2.45, 2.75) is 38.9 Å². The molecule has 0 aliphatic heterocycles. The molecule has 0 fully saturated rings. The number of benzene rings is 1. The van der Waals surface area contributed by atoms with Gasteiger partial charge in [0.25, 0.3) is 5.91 Å². The van der Waals surface area contributed by atoms with Gasteiger partial charge in [-0.15, -0.1) is 0 Å². The first-order valence-electron chi connectivity index (χ1n) is 8.88. The first kappa shape index (κ1) is 23.8. The number of nitrogens with two attached hydrogens (primary N) is 1. The summed E-state index contributed by atoms with van der Waals surface area (Å²) in [4.78, 5) is 35.0. The van der Waals surface area contributed by atoms with Crippen molar-refractivity contribution in [3.63, 3.8) is 0 Å². The van der Waals surface area contributed by atoms with Gasteiger partial charge in [-0.25, -0.2) is 0 Å². The van der Waals surface area contributed by atoms with Crippen molar-refractivity contribution >= 4 is 25.4 Å². The van der Waals surface area contributed by atoms with Crippen molar-refractivity contribution in [3.05, 3.63) is 35.4 Å². The lowest BCUT2D eigenvalue weighted by Gasteiger charge is -2.17. The molecular formula is C18H27N2O7P. The zero-order valence-corrected chi connectivity index (χ0v) is 17.2. The van der Waals surface area contributed by atoms with Gasteiger partial charge in [0.2, 0.25) is 5.91 Å². The van der Waals surface area contributed by atoms with Crippen LogP contribution in [0.2, 0.25) is 0 Å². The maximum atomic E-state index is 12.6. The number of methoxy groups -OCH3 is 1. The van der Waals surface area contributed by atoms with Crippen LogP contribution in [0.4, 0.5) is 0 Å². The van der Waals surface area contributed by atoms with Crippen molar-refractivity contribution < 1.29 is 32.7 Å². The molecule has 0 saturated carbocycles. The van der Waals surface area contributed by atoms with E-state index in [9.17, 15) is 18.9 Å². The van der Waals surface area contributed by atoms with E-state index in [0.29, 0.717) is 5.56 Å². The van der Waals surface area contributed by atoms with Crippen LogP contribution >= 0.6 is 7.60 Å². The summed E-state index contributed by atoms with van der Waals surface area (Å²) >= 11 is 0. The summed E-state index contributed by atoms with van der Waals surface area (Å²) in [6, 6.07) is 5.33. The highest BCUT2D eigenvalue weighted by Crippen LogP contribution is 2.51. The normalized spacial score (nSPS) is 12.2. The van der Waals surface area contributed by atoms with E-state index in [2.05, 4.69) is 10.1 Å². The average Bonchev–Trinajstić information content (AvgIpc) is 2.65. The van der Waals surface area contributed by atoms with Crippen molar-refractivity contribution in [2.24, 2.45) is 5.73 Å². The Balaban J connectivity index is 2.77. The van der Waals surface area contributed by atoms with Gasteiger partial charge >= 0.3 is 13.6 Å². The minimum absolute atomic E-state index is 0.0394. The topological polar surface area (TPSA) is 134 Å². The highest BCUT2D eigenvalue weighted by Gasteiger charge is 2.24. The predicted octanol–water partition coefficient (Wildman–Crippen LogP) is 1.99. The Morgan fingerprint density at radius 1 is 1.11 bits per heavy atom. The molecule has 2 amide bonds. The second kappa shape index (κ2) is 11.6. The van der Waals surface area contributed by atoms with Gasteiger partial charge < -0.3 is 24.8 Å². The lowest BCUT2D eigenvalue weighted by atomic mass is 10.1. The number of primary amides is 1. The highest BCUT2D eigenvalue weighted by atomic mass is 31.2. The number of esters is 1. The van der Waals surface area contributed by atoms with Gasteiger partial charge in [-0.3, -0.25) is 18.9 Å². The van der Waals surface area contributed by atoms with Gasteiger partial charge in [-0.2, -0.15) is 0 Å². The largest absolute Gasteiger partial charge is 0.469 e. The summed E-state index contributed by atoms with van der Waals surface area (Å²) in [5.41, 5.74) is 6.24. The first-order chi connectivity index (χ1) is 13.2. The summed E-state index contributed by atoms with van der Waals surface area (Å²) < 4.78 is 27.6. The van der Waals surface area contributed by atoms with E-state index in [4.69, 9.17) is 14.8 Å². The summed E-state index contributed by atoms with van der Waals surface area (Å²) in [6.45, 7) is 3.98. The van der Waals surface area contributed by atoms with E-state index >= 15 is 0 Å². The van der Waals surface area contributed by atoms with Crippen LogP contribution in [0.1, 0.15) is 42.6 Å². The van der Waals surface area contributed by atoms with Gasteiger partial charge in [0.15, 0.2) is 0 Å². The number of hydrogen-bond donors (Lipinski definition) is 2. The zero-order valence-electron chi connectivity index (χ0n) is 16.3. The van der Waals surface area contributed by atoms with E-state index in [0.717, 1.165) is 0 Å². The smallest absolute Gasteiger partial charge is 0.335 e. The summed E-state index contributed by atoms with van der Waals surface area (Å²) in [7, 11) is -2.01. The molecule has 1 aromatic carbocycles. The van der Waals surface area contributed by atoms with Gasteiger partial charge in [-0.1, -0.05) is 12.1 Å². The number of hydrogen-bond acceptors (Lipinski definition) is 7. The maximum Gasteiger partial charge on any atom is 0.335 e. The molecule has 1 aromatic rings. The first-order valence-corrected chi connectivity index (χ1v) is 10.6. The standard InChI is InChI=1S/C18H27N2O7P/c1-4-26-28(24,27-5-2)12-13-6-8-14(9-7-13)18(23)20-15(17(19)22)10-11-16(21)25-3/h6-9,15H,4-5,10-12H2,1-3H3,(H2,19,22)(H,20,23)/t15-/m1/s1. The average molecular weight is 414 g/mol. The third kappa shape index (κ3) is 7.80. The zero-order chi connectivity index (χ0) is 21.2. The van der Waals surface area contributed by atoms with Crippen LogP contribution in [-0.2, 0) is 34.1 Å². The minimum atomic E-state index is -3.24. The molecule has 1 rings (SSSR count). The van der Waals surface area contributed by atoms with Crippen molar-refractivity contribution in [1.82, 2.24) is 5.32 Å². The van der Waals surface area contributed by atoms with Crippen LogP contribution in [0.3, 0.4) is 0 Å². The molecule has 0 aromatic heterocycles. The van der Waals surface area contributed by atoms with Crippen molar-refractivity contribution in [2.75, 3.05) is 20.3 Å². The molecule has 28 heavy (non-hydrogen) atoms. The van der Waals surface area contributed by atoms with Crippen LogP contribution in [0.5, 0.6) is 0 Å². The summed E-state index contributed by atoms with van der Waals surface area (Å²) in [5, 5.41) is 2.50. The molecule has 0 heterocycles. The van der Waals surface area contributed by atoms with Gasteiger partial charge in [0, 0.05) is 12.0 Å². The fraction of sp³-hybridized carbons (Fsp3) is 0.500. The number of amides is 2. The van der Waals surface area contributed by atoms with Crippen LogP contribution in [0.25, 0.3) is 0 Å². The molecule has 0 aliphatic rings. The van der Waals surface area contributed by atoms with E-state index in [1.54, 1.807) is 26.0 Å². The molecule has 0 aliphatic carbocycles. The minimum Gasteiger partial charge on any atom is -0.469 e. The monoisotopic (exact) mass is 414 g/mol. The van der Waals surface area contributed by atoms with Crippen LogP contribution in [-0.4, -0.2) is 44.1 Å². The van der Waals surface area contributed by atoms with Crippen LogP contribution < -0.4 is 11.1 Å². The lowest BCUT2D eigenvalue weighted by Crippen LogP contribution is -2.44. The summed E-state index contributed by atoms with van der Waals surface area (Å²) in [6.07, 6.45) is 0.0742. The third-order valence-electron chi connectivity index (χ3n) is 3.76. The van der Waals surface area contributed by atoms with E-state index in [-0.39, 0.29) is 37.8 Å². The molecule has 0 bridgehead atoms. The highest BCUT2D eigenvalue weighted by molar-refractivity contribution is 7.53. The number of nitrogens with one attached hydrogen (secondary N) is 1. The van der Waals surface area contributed by atoms with E-state index < -0.39 is 31.4 Å². The molecule has 1 atom stereocenters. The Morgan fingerprint density at radius 2 is 1.68 bits per heavy atom. The van der Waals surface area contributed by atoms with Gasteiger partial charge in [-0.05, 0) is 38.0 Å². The number of carbonyl (C=O) groups is 3. The second-order valence-electron chi connectivity index (χ2n) is 5.84. The molecule has 10 heteroatoms. The van der Waals surface area contributed by atoms with Crippen molar-refractivity contribution in [3.8, 4) is 0 Å². The Morgan fingerprint density at radius 3 is 2.14 bits per heavy atom. The Hall–Kier alpha value is -2.22. The molecule has 0 unspecified atom stereocenters. The van der Waals surface area contributed by atoms with Crippen molar-refractivity contribution in [1.29, 1.82) is 0 Å². The quantitative estimate of drug-likeness (QED) is 0.394. The van der Waals surface area contributed by atoms with Gasteiger partial charge in [0.1, 0.15) is 6.04 Å². The Kier molecular flexibility index (Phi) is 9.85. The lowest BCUT2D eigenvalue weighted by molar-refractivity contribution is -0.140. The molecule has 0 radical (unpaired) electrons. The molecule has 156 valence electrons. The summed E-state index contributed by atoms with van der Waals surface area (Å²) in [5.74, 6) is -1.76. The van der Waals surface area contributed by atoms with E-state index in [1.807, 2.05) is 0 Å². The SMILES string of the molecule is CCOP(=O)(Cc1ccc(C(=O)N[C@H](CCC(=O)OC)C(N)=O)cc1)OCC. The number of carbonyl (C=O) groups excluding carboxylic acids is 3. The molecule has 3 N–H and O–H groups in total. The fourth-order valence-corrected chi connectivity index (χ4v) is 4.10.